The van der Waals surface area contributed by atoms with Gasteiger partial charge in [0.1, 0.15) is 6.42 Å². The molecule has 1 rings (SSSR count). The molecule has 0 bridgehead atoms. The molecule has 1 unspecified atom stereocenters. The number of hydrogen-bond acceptors (Lipinski definition) is 4. The van der Waals surface area contributed by atoms with Gasteiger partial charge in [0.05, 0.1) is 6.04 Å². The largest absolute Gasteiger partial charge is 0.423 e. The second kappa shape index (κ2) is 5.29. The zero-order chi connectivity index (χ0) is 12.2. The monoisotopic (exact) mass is 237 g/mol. The smallest absolute Gasteiger partial charge is 0.397 e. The van der Waals surface area contributed by atoms with E-state index in [-0.39, 0.29) is 17.8 Å². The number of alkyl halides is 3. The van der Waals surface area contributed by atoms with Crippen LogP contribution in [-0.2, 0) is 6.42 Å². The molecule has 0 radical (unpaired) electrons. The molecule has 1 aromatic heterocycles. The summed E-state index contributed by atoms with van der Waals surface area (Å²) in [6.45, 7) is 4.48. The summed E-state index contributed by atoms with van der Waals surface area (Å²) in [6.07, 6.45) is -4.81. The van der Waals surface area contributed by atoms with Crippen LogP contribution >= 0.6 is 0 Å². The summed E-state index contributed by atoms with van der Waals surface area (Å²) in [5.74, 6) is -0.178. The number of nitrogens with one attached hydrogen (secondary N) is 1. The number of halogens is 3. The minimum absolute atomic E-state index is 0.181. The van der Waals surface area contributed by atoms with E-state index >= 15 is 0 Å². The summed E-state index contributed by atoms with van der Waals surface area (Å²) in [5, 5.41) is 10.0. The molecule has 1 heterocycles. The van der Waals surface area contributed by atoms with Gasteiger partial charge in [0.2, 0.25) is 11.8 Å². The molecule has 7 heteroatoms. The first kappa shape index (κ1) is 13.0. The first-order valence-electron chi connectivity index (χ1n) is 5.08. The molecule has 0 fully saturated rings. The fourth-order valence-electron chi connectivity index (χ4n) is 1.30. The zero-order valence-corrected chi connectivity index (χ0v) is 9.14. The summed E-state index contributed by atoms with van der Waals surface area (Å²) >= 11 is 0. The Morgan fingerprint density at radius 1 is 1.31 bits per heavy atom. The van der Waals surface area contributed by atoms with Crippen LogP contribution < -0.4 is 5.32 Å². The SMILES string of the molecule is CCNC(CC)c1nnc(CC(F)(F)F)o1. The molecule has 92 valence electrons. The van der Waals surface area contributed by atoms with Crippen molar-refractivity contribution in [2.45, 2.75) is 38.9 Å². The van der Waals surface area contributed by atoms with Gasteiger partial charge >= 0.3 is 6.18 Å². The predicted octanol–water partition coefficient (Wildman–Crippen LogP) is 2.24. The van der Waals surface area contributed by atoms with Gasteiger partial charge in [-0.2, -0.15) is 13.2 Å². The lowest BCUT2D eigenvalue weighted by molar-refractivity contribution is -0.131. The second-order valence-corrected chi connectivity index (χ2v) is 3.34. The molecule has 0 aliphatic heterocycles. The molecule has 0 saturated carbocycles. The molecule has 0 aliphatic rings. The van der Waals surface area contributed by atoms with Gasteiger partial charge in [-0.25, -0.2) is 0 Å². The quantitative estimate of drug-likeness (QED) is 0.853. The highest BCUT2D eigenvalue weighted by Crippen LogP contribution is 2.22. The molecule has 1 N–H and O–H groups in total. The van der Waals surface area contributed by atoms with Crippen molar-refractivity contribution in [1.82, 2.24) is 15.5 Å². The molecule has 0 aromatic carbocycles. The topological polar surface area (TPSA) is 51.0 Å². The Bertz CT molecular complexity index is 324. The Labute approximate surface area is 91.2 Å². The third kappa shape index (κ3) is 3.80. The molecule has 0 amide bonds. The average molecular weight is 237 g/mol. The minimum Gasteiger partial charge on any atom is -0.423 e. The minimum atomic E-state index is -4.32. The van der Waals surface area contributed by atoms with Crippen LogP contribution in [0.15, 0.2) is 4.42 Å². The maximum absolute atomic E-state index is 12.0. The van der Waals surface area contributed by atoms with Gasteiger partial charge in [-0.15, -0.1) is 10.2 Å². The standard InChI is InChI=1S/C9H14F3N3O/c1-3-6(13-4-2)8-15-14-7(16-8)5-9(10,11)12/h6,13H,3-5H2,1-2H3. The number of hydrogen-bond donors (Lipinski definition) is 1. The van der Waals surface area contributed by atoms with E-state index in [0.717, 1.165) is 0 Å². The fraction of sp³-hybridized carbons (Fsp3) is 0.778. The summed E-state index contributed by atoms with van der Waals surface area (Å²) in [4.78, 5) is 0. The first-order valence-corrected chi connectivity index (χ1v) is 5.08. The predicted molar refractivity (Wildman–Crippen MR) is 50.8 cm³/mol. The number of rotatable bonds is 5. The molecule has 1 aromatic rings. The normalized spacial score (nSPS) is 14.1. The van der Waals surface area contributed by atoms with Crippen molar-refractivity contribution in [3.8, 4) is 0 Å². The third-order valence-corrected chi connectivity index (χ3v) is 1.99. The van der Waals surface area contributed by atoms with Crippen LogP contribution in [0.5, 0.6) is 0 Å². The Hall–Kier alpha value is -1.11. The summed E-state index contributed by atoms with van der Waals surface area (Å²) < 4.78 is 41.1. The highest BCUT2D eigenvalue weighted by Gasteiger charge is 2.31. The average Bonchev–Trinajstić information content (AvgIpc) is 2.59. The summed E-state index contributed by atoms with van der Waals surface area (Å²) in [6, 6.07) is -0.181. The maximum atomic E-state index is 12.0. The van der Waals surface area contributed by atoms with Crippen molar-refractivity contribution in [3.05, 3.63) is 11.8 Å². The van der Waals surface area contributed by atoms with Crippen LogP contribution in [0.3, 0.4) is 0 Å². The highest BCUT2D eigenvalue weighted by molar-refractivity contribution is 4.90. The molecule has 0 aliphatic carbocycles. The highest BCUT2D eigenvalue weighted by atomic mass is 19.4. The van der Waals surface area contributed by atoms with Crippen molar-refractivity contribution in [2.24, 2.45) is 0 Å². The molecule has 0 saturated heterocycles. The van der Waals surface area contributed by atoms with Crippen LogP contribution in [0.25, 0.3) is 0 Å². The van der Waals surface area contributed by atoms with Gasteiger partial charge in [0.25, 0.3) is 0 Å². The molecule has 16 heavy (non-hydrogen) atoms. The zero-order valence-electron chi connectivity index (χ0n) is 9.14. The van der Waals surface area contributed by atoms with Crippen molar-refractivity contribution in [2.75, 3.05) is 6.54 Å². The Morgan fingerprint density at radius 2 is 2.00 bits per heavy atom. The lowest BCUT2D eigenvalue weighted by Crippen LogP contribution is -2.20. The van der Waals surface area contributed by atoms with E-state index in [1.54, 1.807) is 0 Å². The van der Waals surface area contributed by atoms with Gasteiger partial charge < -0.3 is 9.73 Å². The summed E-state index contributed by atoms with van der Waals surface area (Å²) in [5.41, 5.74) is 0. The van der Waals surface area contributed by atoms with Gasteiger partial charge in [0.15, 0.2) is 0 Å². The molecular weight excluding hydrogens is 223 g/mol. The van der Waals surface area contributed by atoms with Crippen molar-refractivity contribution < 1.29 is 17.6 Å². The van der Waals surface area contributed by atoms with E-state index < -0.39 is 12.6 Å². The van der Waals surface area contributed by atoms with Gasteiger partial charge in [0, 0.05) is 0 Å². The van der Waals surface area contributed by atoms with E-state index in [1.807, 2.05) is 13.8 Å². The fourth-order valence-corrected chi connectivity index (χ4v) is 1.30. The number of nitrogens with zero attached hydrogens (tertiary/aromatic N) is 2. The van der Waals surface area contributed by atoms with Crippen LogP contribution in [0, 0.1) is 0 Å². The number of aromatic nitrogens is 2. The van der Waals surface area contributed by atoms with E-state index in [0.29, 0.717) is 13.0 Å². The van der Waals surface area contributed by atoms with Gasteiger partial charge in [-0.05, 0) is 13.0 Å². The van der Waals surface area contributed by atoms with Crippen LogP contribution in [0.4, 0.5) is 13.2 Å². The Kier molecular flexibility index (Phi) is 4.28. The Morgan fingerprint density at radius 3 is 2.50 bits per heavy atom. The maximum Gasteiger partial charge on any atom is 0.397 e. The lowest BCUT2D eigenvalue weighted by Gasteiger charge is -2.10. The van der Waals surface area contributed by atoms with E-state index in [1.165, 1.54) is 0 Å². The lowest BCUT2D eigenvalue weighted by atomic mass is 10.2. The molecule has 0 spiro atoms. The van der Waals surface area contributed by atoms with E-state index in [9.17, 15) is 13.2 Å². The van der Waals surface area contributed by atoms with Crippen molar-refractivity contribution >= 4 is 0 Å². The van der Waals surface area contributed by atoms with Crippen LogP contribution in [0.1, 0.15) is 38.1 Å². The molecule has 4 nitrogen and oxygen atoms in total. The van der Waals surface area contributed by atoms with Gasteiger partial charge in [-0.1, -0.05) is 13.8 Å². The Balaban J connectivity index is 2.69. The van der Waals surface area contributed by atoms with E-state index in [4.69, 9.17) is 4.42 Å². The molecule has 1 atom stereocenters. The summed E-state index contributed by atoms with van der Waals surface area (Å²) in [7, 11) is 0. The van der Waals surface area contributed by atoms with Crippen LogP contribution in [-0.4, -0.2) is 22.9 Å². The second-order valence-electron chi connectivity index (χ2n) is 3.34. The van der Waals surface area contributed by atoms with Gasteiger partial charge in [-0.3, -0.25) is 0 Å². The van der Waals surface area contributed by atoms with Crippen LogP contribution in [0.2, 0.25) is 0 Å². The first-order chi connectivity index (χ1) is 7.46. The van der Waals surface area contributed by atoms with Crippen molar-refractivity contribution in [3.63, 3.8) is 0 Å². The third-order valence-electron chi connectivity index (χ3n) is 1.99. The van der Waals surface area contributed by atoms with E-state index in [2.05, 4.69) is 15.5 Å². The van der Waals surface area contributed by atoms with Crippen molar-refractivity contribution in [1.29, 1.82) is 0 Å². The molecular formula is C9H14F3N3O.